The van der Waals surface area contributed by atoms with E-state index in [0.29, 0.717) is 11.4 Å². The number of amides is 2. The molecule has 2 rings (SSSR count). The van der Waals surface area contributed by atoms with Crippen LogP contribution in [0.15, 0.2) is 18.2 Å². The average molecular weight is 318 g/mol. The molecule has 0 bridgehead atoms. The van der Waals surface area contributed by atoms with Crippen molar-refractivity contribution in [1.82, 2.24) is 4.90 Å². The number of anilines is 1. The molecule has 0 aromatic heterocycles. The van der Waals surface area contributed by atoms with Crippen LogP contribution in [-0.2, 0) is 9.59 Å². The summed E-state index contributed by atoms with van der Waals surface area (Å²) in [6.45, 7) is 11.7. The molecule has 1 aromatic rings. The number of fused-ring (bicyclic) bond motifs is 1. The van der Waals surface area contributed by atoms with Crippen molar-refractivity contribution in [3.8, 4) is 5.75 Å². The van der Waals surface area contributed by atoms with E-state index in [1.54, 1.807) is 11.8 Å². The predicted molar refractivity (Wildman–Crippen MR) is 90.7 cm³/mol. The van der Waals surface area contributed by atoms with E-state index >= 15 is 0 Å². The lowest BCUT2D eigenvalue weighted by atomic mass is 10.1. The zero-order valence-electron chi connectivity index (χ0n) is 14.8. The highest BCUT2D eigenvalue weighted by Crippen LogP contribution is 2.34. The van der Waals surface area contributed by atoms with Gasteiger partial charge >= 0.3 is 0 Å². The van der Waals surface area contributed by atoms with Crippen molar-refractivity contribution in [1.29, 1.82) is 0 Å². The smallest absolute Gasteiger partial charge is 0.268 e. The highest BCUT2D eigenvalue weighted by molar-refractivity contribution is 6.03. The fraction of sp³-hybridized carbons (Fsp3) is 0.556. The van der Waals surface area contributed by atoms with Crippen LogP contribution in [0.2, 0.25) is 0 Å². The summed E-state index contributed by atoms with van der Waals surface area (Å²) < 4.78 is 5.65. The Kier molecular flexibility index (Phi) is 4.97. The highest BCUT2D eigenvalue weighted by Gasteiger charge is 2.34. The Morgan fingerprint density at radius 2 is 1.87 bits per heavy atom. The van der Waals surface area contributed by atoms with Crippen molar-refractivity contribution in [3.05, 3.63) is 23.8 Å². The maximum Gasteiger partial charge on any atom is 0.268 e. The van der Waals surface area contributed by atoms with Crippen molar-refractivity contribution in [3.63, 3.8) is 0 Å². The SMILES string of the molecule is Cc1ccc2c(c1)N(CC(=O)N(C(C)C)C(C)C)C(=O)[C@H](C)O2. The van der Waals surface area contributed by atoms with Crippen molar-refractivity contribution in [2.24, 2.45) is 0 Å². The average Bonchev–Trinajstić information content (AvgIpc) is 2.44. The molecule has 1 aliphatic rings. The van der Waals surface area contributed by atoms with Crippen LogP contribution < -0.4 is 9.64 Å². The fourth-order valence-corrected chi connectivity index (χ4v) is 3.07. The van der Waals surface area contributed by atoms with Gasteiger partial charge in [0.2, 0.25) is 5.91 Å². The minimum absolute atomic E-state index is 0.0410. The Morgan fingerprint density at radius 3 is 2.43 bits per heavy atom. The maximum absolute atomic E-state index is 12.7. The molecule has 0 aliphatic carbocycles. The van der Waals surface area contributed by atoms with Crippen LogP contribution in [-0.4, -0.2) is 41.4 Å². The summed E-state index contributed by atoms with van der Waals surface area (Å²) in [5.74, 6) is 0.421. The van der Waals surface area contributed by atoms with Crippen LogP contribution in [0.3, 0.4) is 0 Å². The molecular formula is C18H26N2O3. The molecule has 0 N–H and O–H groups in total. The third kappa shape index (κ3) is 3.49. The fourth-order valence-electron chi connectivity index (χ4n) is 3.07. The van der Waals surface area contributed by atoms with Gasteiger partial charge in [-0.25, -0.2) is 0 Å². The maximum atomic E-state index is 12.7. The summed E-state index contributed by atoms with van der Waals surface area (Å²) in [5.41, 5.74) is 1.70. The number of hydrogen-bond acceptors (Lipinski definition) is 3. The zero-order chi connectivity index (χ0) is 17.3. The van der Waals surface area contributed by atoms with Crippen LogP contribution in [0.5, 0.6) is 5.75 Å². The van der Waals surface area contributed by atoms with Gasteiger partial charge in [0.25, 0.3) is 5.91 Å². The monoisotopic (exact) mass is 318 g/mol. The molecule has 0 radical (unpaired) electrons. The Labute approximate surface area is 138 Å². The first-order valence-electron chi connectivity index (χ1n) is 8.12. The minimum atomic E-state index is -0.579. The van der Waals surface area contributed by atoms with E-state index in [0.717, 1.165) is 5.56 Å². The van der Waals surface area contributed by atoms with E-state index in [-0.39, 0.29) is 30.4 Å². The first-order chi connectivity index (χ1) is 10.7. The summed E-state index contributed by atoms with van der Waals surface area (Å²) in [5, 5.41) is 0. The van der Waals surface area contributed by atoms with E-state index in [4.69, 9.17) is 4.74 Å². The third-order valence-corrected chi connectivity index (χ3v) is 4.02. The first-order valence-corrected chi connectivity index (χ1v) is 8.12. The molecular weight excluding hydrogens is 292 g/mol. The standard InChI is InChI=1S/C18H26N2O3/c1-11(2)20(12(3)4)17(21)10-19-15-9-13(5)7-8-16(15)23-14(6)18(19)22/h7-9,11-12,14H,10H2,1-6H3/t14-/m0/s1. The molecule has 1 aliphatic heterocycles. The zero-order valence-corrected chi connectivity index (χ0v) is 14.8. The summed E-state index contributed by atoms with van der Waals surface area (Å²) in [4.78, 5) is 28.6. The number of rotatable bonds is 4. The highest BCUT2D eigenvalue weighted by atomic mass is 16.5. The van der Waals surface area contributed by atoms with Crippen LogP contribution in [0.25, 0.3) is 0 Å². The molecule has 23 heavy (non-hydrogen) atoms. The molecule has 0 saturated carbocycles. The van der Waals surface area contributed by atoms with E-state index in [9.17, 15) is 9.59 Å². The summed E-state index contributed by atoms with van der Waals surface area (Å²) in [6.07, 6.45) is -0.579. The van der Waals surface area contributed by atoms with Crippen molar-refractivity contribution in [2.45, 2.75) is 59.7 Å². The van der Waals surface area contributed by atoms with Crippen LogP contribution >= 0.6 is 0 Å². The van der Waals surface area contributed by atoms with E-state index < -0.39 is 6.10 Å². The molecule has 2 amide bonds. The number of carbonyl (C=O) groups excluding carboxylic acids is 2. The van der Waals surface area contributed by atoms with E-state index in [1.807, 2.05) is 57.7 Å². The van der Waals surface area contributed by atoms with Gasteiger partial charge in [-0.05, 0) is 59.2 Å². The molecule has 1 aromatic carbocycles. The molecule has 5 heteroatoms. The quantitative estimate of drug-likeness (QED) is 0.858. The van der Waals surface area contributed by atoms with Gasteiger partial charge in [-0.3, -0.25) is 14.5 Å². The van der Waals surface area contributed by atoms with Crippen LogP contribution in [0, 0.1) is 6.92 Å². The van der Waals surface area contributed by atoms with Crippen LogP contribution in [0.1, 0.15) is 40.2 Å². The number of benzene rings is 1. The lowest BCUT2D eigenvalue weighted by Crippen LogP contribution is -2.52. The van der Waals surface area contributed by atoms with Crippen molar-refractivity contribution < 1.29 is 14.3 Å². The Hall–Kier alpha value is -2.04. The summed E-state index contributed by atoms with van der Waals surface area (Å²) in [7, 11) is 0. The Balaban J connectivity index is 2.33. The Bertz CT molecular complexity index is 602. The summed E-state index contributed by atoms with van der Waals surface area (Å²) in [6, 6.07) is 5.87. The molecule has 126 valence electrons. The van der Waals surface area contributed by atoms with Gasteiger partial charge in [-0.15, -0.1) is 0 Å². The molecule has 1 atom stereocenters. The molecule has 0 fully saturated rings. The second kappa shape index (κ2) is 6.60. The lowest BCUT2D eigenvalue weighted by molar-refractivity contribution is -0.135. The second-order valence-electron chi connectivity index (χ2n) is 6.64. The largest absolute Gasteiger partial charge is 0.479 e. The first kappa shape index (κ1) is 17.3. The topological polar surface area (TPSA) is 49.9 Å². The number of carbonyl (C=O) groups is 2. The van der Waals surface area contributed by atoms with Crippen molar-refractivity contribution >= 4 is 17.5 Å². The Morgan fingerprint density at radius 1 is 1.26 bits per heavy atom. The van der Waals surface area contributed by atoms with Gasteiger partial charge in [0.05, 0.1) is 5.69 Å². The van der Waals surface area contributed by atoms with Gasteiger partial charge in [0, 0.05) is 12.1 Å². The third-order valence-electron chi connectivity index (χ3n) is 4.02. The second-order valence-corrected chi connectivity index (χ2v) is 6.64. The minimum Gasteiger partial charge on any atom is -0.479 e. The predicted octanol–water partition coefficient (Wildman–Crippen LogP) is 2.75. The van der Waals surface area contributed by atoms with Gasteiger partial charge in [0.15, 0.2) is 6.10 Å². The van der Waals surface area contributed by atoms with Crippen molar-refractivity contribution in [2.75, 3.05) is 11.4 Å². The molecule has 1 heterocycles. The number of hydrogen-bond donors (Lipinski definition) is 0. The van der Waals surface area contributed by atoms with E-state index in [2.05, 4.69) is 0 Å². The van der Waals surface area contributed by atoms with Gasteiger partial charge < -0.3 is 9.64 Å². The van der Waals surface area contributed by atoms with Gasteiger partial charge in [-0.2, -0.15) is 0 Å². The van der Waals surface area contributed by atoms with Crippen LogP contribution in [0.4, 0.5) is 5.69 Å². The number of ether oxygens (including phenoxy) is 1. The molecule has 0 spiro atoms. The molecule has 5 nitrogen and oxygen atoms in total. The lowest BCUT2D eigenvalue weighted by Gasteiger charge is -2.36. The van der Waals surface area contributed by atoms with E-state index in [1.165, 1.54) is 0 Å². The normalized spacial score (nSPS) is 17.3. The number of nitrogens with zero attached hydrogens (tertiary/aromatic N) is 2. The summed E-state index contributed by atoms with van der Waals surface area (Å²) >= 11 is 0. The van der Waals surface area contributed by atoms with Gasteiger partial charge in [0.1, 0.15) is 12.3 Å². The molecule has 0 saturated heterocycles. The number of aryl methyl sites for hydroxylation is 1. The molecule has 0 unspecified atom stereocenters. The van der Waals surface area contributed by atoms with Gasteiger partial charge in [-0.1, -0.05) is 6.07 Å².